The van der Waals surface area contributed by atoms with Crippen LogP contribution in [0.5, 0.6) is 0 Å². The maximum atomic E-state index is 12.8. The minimum Gasteiger partial charge on any atom is -0.263 e. The summed E-state index contributed by atoms with van der Waals surface area (Å²) in [5.74, 6) is 0. The fourth-order valence-corrected chi connectivity index (χ4v) is 4.74. The maximum absolute atomic E-state index is 12.8. The average molecular weight is 396 g/mol. The third-order valence-corrected chi connectivity index (χ3v) is 6.87. The zero-order valence-corrected chi connectivity index (χ0v) is 15.5. The average Bonchev–Trinajstić information content (AvgIpc) is 2.62. The number of aromatic nitrogens is 1. The topological polar surface area (TPSA) is 74.1 Å². The van der Waals surface area contributed by atoms with E-state index < -0.39 is 15.4 Å². The highest BCUT2D eigenvalue weighted by Crippen LogP contribution is 2.37. The molecule has 1 aromatic heterocycles. The van der Waals surface area contributed by atoms with E-state index >= 15 is 0 Å². The Kier molecular flexibility index (Phi) is 5.03. The molecule has 0 spiro atoms. The van der Waals surface area contributed by atoms with Gasteiger partial charge in [0, 0.05) is 30.5 Å². The van der Waals surface area contributed by atoms with Crippen LogP contribution in [0.25, 0.3) is 0 Å². The van der Waals surface area contributed by atoms with E-state index in [1.54, 1.807) is 24.4 Å². The second kappa shape index (κ2) is 6.93. The Bertz CT molecular complexity index is 916. The number of hydrogen-bond donors (Lipinski definition) is 0. The molecule has 1 aliphatic rings. The van der Waals surface area contributed by atoms with Crippen LogP contribution in [-0.4, -0.2) is 30.8 Å². The molecule has 0 atom stereocenters. The molecule has 0 amide bonds. The van der Waals surface area contributed by atoms with Crippen LogP contribution in [0.2, 0.25) is 10.0 Å². The number of piperidine rings is 1. The number of benzene rings is 1. The first kappa shape index (κ1) is 18.2. The number of sulfonamides is 1. The molecule has 2 heterocycles. The van der Waals surface area contributed by atoms with Crippen LogP contribution in [0, 0.1) is 11.3 Å². The van der Waals surface area contributed by atoms with E-state index in [0.29, 0.717) is 22.9 Å². The van der Waals surface area contributed by atoms with Crippen molar-refractivity contribution in [1.82, 2.24) is 9.29 Å². The fourth-order valence-electron chi connectivity index (χ4n) is 3.00. The van der Waals surface area contributed by atoms with Gasteiger partial charge < -0.3 is 0 Å². The number of hydrogen-bond acceptors (Lipinski definition) is 4. The first-order valence-electron chi connectivity index (χ1n) is 7.65. The van der Waals surface area contributed by atoms with Gasteiger partial charge in [0.05, 0.1) is 21.4 Å². The van der Waals surface area contributed by atoms with E-state index in [2.05, 4.69) is 11.1 Å². The summed E-state index contributed by atoms with van der Waals surface area (Å²) in [4.78, 5) is 4.25. The number of rotatable bonds is 3. The molecule has 1 aliphatic heterocycles. The van der Waals surface area contributed by atoms with E-state index in [4.69, 9.17) is 23.2 Å². The SMILES string of the molecule is N#CC1(c2cncc(Cl)c2)CCN(S(=O)(=O)c2ccc(Cl)cc2)CC1. The van der Waals surface area contributed by atoms with Crippen molar-refractivity contribution in [3.05, 3.63) is 58.3 Å². The molecule has 0 unspecified atom stereocenters. The monoisotopic (exact) mass is 395 g/mol. The standard InChI is InChI=1S/C17H15Cl2N3O2S/c18-14-1-3-16(4-2-14)25(23,24)22-7-5-17(12-20,6-8-22)13-9-15(19)11-21-10-13/h1-4,9-11H,5-8H2. The van der Waals surface area contributed by atoms with Crippen molar-refractivity contribution in [1.29, 1.82) is 5.26 Å². The molecule has 1 aromatic carbocycles. The predicted molar refractivity (Wildman–Crippen MR) is 96.0 cm³/mol. The van der Waals surface area contributed by atoms with Crippen molar-refractivity contribution >= 4 is 33.2 Å². The molecule has 0 bridgehead atoms. The Hall–Kier alpha value is -1.65. The van der Waals surface area contributed by atoms with Crippen molar-refractivity contribution in [3.63, 3.8) is 0 Å². The van der Waals surface area contributed by atoms with Gasteiger partial charge >= 0.3 is 0 Å². The first-order valence-corrected chi connectivity index (χ1v) is 9.85. The highest BCUT2D eigenvalue weighted by atomic mass is 35.5. The van der Waals surface area contributed by atoms with Crippen LogP contribution in [0.1, 0.15) is 18.4 Å². The van der Waals surface area contributed by atoms with Gasteiger partial charge in [0.2, 0.25) is 10.0 Å². The van der Waals surface area contributed by atoms with Gasteiger partial charge in [-0.25, -0.2) is 8.42 Å². The maximum Gasteiger partial charge on any atom is 0.243 e. The van der Waals surface area contributed by atoms with Gasteiger partial charge in [-0.05, 0) is 48.7 Å². The van der Waals surface area contributed by atoms with Crippen molar-refractivity contribution in [2.75, 3.05) is 13.1 Å². The molecule has 8 heteroatoms. The number of halogens is 2. The number of nitrogens with zero attached hydrogens (tertiary/aromatic N) is 3. The third kappa shape index (κ3) is 3.51. The highest BCUT2D eigenvalue weighted by Gasteiger charge is 2.40. The van der Waals surface area contributed by atoms with E-state index in [9.17, 15) is 13.7 Å². The molecular weight excluding hydrogens is 381 g/mol. The Labute approximate surface area is 156 Å². The normalized spacial score (nSPS) is 17.8. The zero-order chi connectivity index (χ0) is 18.1. The minimum atomic E-state index is -3.60. The molecular formula is C17H15Cl2N3O2S. The summed E-state index contributed by atoms with van der Waals surface area (Å²) in [6.45, 7) is 0.510. The van der Waals surface area contributed by atoms with E-state index in [1.807, 2.05) is 0 Å². The van der Waals surface area contributed by atoms with Crippen LogP contribution in [0.3, 0.4) is 0 Å². The van der Waals surface area contributed by atoms with Crippen molar-refractivity contribution in [2.24, 2.45) is 0 Å². The summed E-state index contributed by atoms with van der Waals surface area (Å²) in [5.41, 5.74) is -0.0461. The quantitative estimate of drug-likeness (QED) is 0.794. The molecule has 0 N–H and O–H groups in total. The molecule has 25 heavy (non-hydrogen) atoms. The summed E-state index contributed by atoms with van der Waals surface area (Å²) in [6.07, 6.45) is 3.91. The fraction of sp³-hybridized carbons (Fsp3) is 0.294. The summed E-state index contributed by atoms with van der Waals surface area (Å²) in [6, 6.07) is 10.1. The second-order valence-electron chi connectivity index (χ2n) is 5.94. The molecule has 2 aromatic rings. The molecule has 0 saturated carbocycles. The predicted octanol–water partition coefficient (Wildman–Crippen LogP) is 3.63. The van der Waals surface area contributed by atoms with Crippen LogP contribution < -0.4 is 0 Å². The van der Waals surface area contributed by atoms with Gasteiger partial charge in [-0.15, -0.1) is 0 Å². The largest absolute Gasteiger partial charge is 0.263 e. The smallest absolute Gasteiger partial charge is 0.243 e. The van der Waals surface area contributed by atoms with Crippen LogP contribution in [0.15, 0.2) is 47.6 Å². The molecule has 0 radical (unpaired) electrons. The summed E-state index contributed by atoms with van der Waals surface area (Å²) < 4.78 is 26.9. The van der Waals surface area contributed by atoms with Gasteiger partial charge in [-0.3, -0.25) is 4.98 Å². The van der Waals surface area contributed by atoms with Crippen molar-refractivity contribution in [2.45, 2.75) is 23.2 Å². The second-order valence-corrected chi connectivity index (χ2v) is 8.75. The van der Waals surface area contributed by atoms with Gasteiger partial charge in [0.15, 0.2) is 0 Å². The number of nitriles is 1. The Balaban J connectivity index is 1.83. The lowest BCUT2D eigenvalue weighted by Crippen LogP contribution is -2.44. The molecule has 130 valence electrons. The highest BCUT2D eigenvalue weighted by molar-refractivity contribution is 7.89. The van der Waals surface area contributed by atoms with Gasteiger partial charge in [0.25, 0.3) is 0 Å². The van der Waals surface area contributed by atoms with E-state index in [0.717, 1.165) is 5.56 Å². The summed E-state index contributed by atoms with van der Waals surface area (Å²) in [7, 11) is -3.60. The Morgan fingerprint density at radius 3 is 2.28 bits per heavy atom. The number of pyridine rings is 1. The van der Waals surface area contributed by atoms with Crippen molar-refractivity contribution < 1.29 is 8.42 Å². The molecule has 3 rings (SSSR count). The first-order chi connectivity index (χ1) is 11.9. The molecule has 0 aliphatic carbocycles. The minimum absolute atomic E-state index is 0.200. The summed E-state index contributed by atoms with van der Waals surface area (Å²) in [5, 5.41) is 10.7. The van der Waals surface area contributed by atoms with Crippen LogP contribution in [-0.2, 0) is 15.4 Å². The third-order valence-electron chi connectivity index (χ3n) is 4.50. The van der Waals surface area contributed by atoms with Gasteiger partial charge in [-0.1, -0.05) is 23.2 Å². The van der Waals surface area contributed by atoms with Gasteiger partial charge in [-0.2, -0.15) is 9.57 Å². The zero-order valence-electron chi connectivity index (χ0n) is 13.2. The lowest BCUT2D eigenvalue weighted by Gasteiger charge is -2.36. The lowest BCUT2D eigenvalue weighted by atomic mass is 9.75. The van der Waals surface area contributed by atoms with Crippen LogP contribution >= 0.6 is 23.2 Å². The van der Waals surface area contributed by atoms with E-state index in [-0.39, 0.29) is 18.0 Å². The van der Waals surface area contributed by atoms with E-state index in [1.165, 1.54) is 22.6 Å². The van der Waals surface area contributed by atoms with Crippen LogP contribution in [0.4, 0.5) is 0 Å². The summed E-state index contributed by atoms with van der Waals surface area (Å²) >= 11 is 11.8. The van der Waals surface area contributed by atoms with Gasteiger partial charge in [0.1, 0.15) is 0 Å². The van der Waals surface area contributed by atoms with Crippen molar-refractivity contribution in [3.8, 4) is 6.07 Å². The lowest BCUT2D eigenvalue weighted by molar-refractivity contribution is 0.277. The molecule has 5 nitrogen and oxygen atoms in total. The molecule has 1 fully saturated rings. The Morgan fingerprint density at radius 1 is 1.08 bits per heavy atom. The Morgan fingerprint density at radius 2 is 1.72 bits per heavy atom. The molecule has 1 saturated heterocycles.